The lowest BCUT2D eigenvalue weighted by atomic mass is 10.2. The van der Waals surface area contributed by atoms with E-state index < -0.39 is 15.1 Å². The molecule has 0 spiro atoms. The molecule has 0 bridgehead atoms. The monoisotopic (exact) mass is 430 g/mol. The summed E-state index contributed by atoms with van der Waals surface area (Å²) in [7, 11) is -3.65. The van der Waals surface area contributed by atoms with Gasteiger partial charge in [0.15, 0.2) is 9.84 Å². The summed E-state index contributed by atoms with van der Waals surface area (Å²) in [5.74, 6) is 0.734. The lowest BCUT2D eigenvalue weighted by Gasteiger charge is -2.18. The van der Waals surface area contributed by atoms with Crippen LogP contribution in [-0.4, -0.2) is 38.6 Å². The maximum Gasteiger partial charge on any atom is 0.230 e. The number of anilines is 1. The summed E-state index contributed by atoms with van der Waals surface area (Å²) in [6, 6.07) is 8.55. The second-order valence-electron chi connectivity index (χ2n) is 8.04. The van der Waals surface area contributed by atoms with Crippen LogP contribution < -0.4 is 10.2 Å². The minimum absolute atomic E-state index is 0.107. The van der Waals surface area contributed by atoms with E-state index in [9.17, 15) is 18.0 Å². The highest BCUT2D eigenvalue weighted by Crippen LogP contribution is 2.37. The molecule has 2 heterocycles. The number of fused-ring (bicyclic) bond motifs is 1. The zero-order valence-electron chi connectivity index (χ0n) is 17.0. The number of hydrogen-bond acceptors (Lipinski definition) is 5. The third-order valence-corrected chi connectivity index (χ3v) is 7.88. The molecule has 1 aliphatic carbocycles. The Bertz CT molecular complexity index is 1040. The van der Waals surface area contributed by atoms with Crippen LogP contribution in [0.1, 0.15) is 37.5 Å². The van der Waals surface area contributed by atoms with Crippen molar-refractivity contribution in [2.24, 2.45) is 5.92 Å². The number of amides is 2. The Kier molecular flexibility index (Phi) is 5.69. The molecule has 7 nitrogen and oxygen atoms in total. The van der Waals surface area contributed by atoms with Gasteiger partial charge in [0.1, 0.15) is 5.76 Å². The molecule has 0 saturated heterocycles. The molecule has 0 radical (unpaired) electrons. The van der Waals surface area contributed by atoms with Gasteiger partial charge in [0.25, 0.3) is 0 Å². The Labute approximate surface area is 176 Å². The van der Waals surface area contributed by atoms with Gasteiger partial charge in [-0.25, -0.2) is 8.42 Å². The average molecular weight is 431 g/mol. The van der Waals surface area contributed by atoms with Crippen molar-refractivity contribution in [1.29, 1.82) is 0 Å². The van der Waals surface area contributed by atoms with Gasteiger partial charge in [0.05, 0.1) is 16.4 Å². The van der Waals surface area contributed by atoms with Crippen molar-refractivity contribution in [2.75, 3.05) is 18.0 Å². The van der Waals surface area contributed by atoms with E-state index in [0.717, 1.165) is 29.9 Å². The number of carbonyl (C=O) groups excluding carboxylic acids is 2. The van der Waals surface area contributed by atoms with Gasteiger partial charge >= 0.3 is 0 Å². The molecule has 8 heteroatoms. The van der Waals surface area contributed by atoms with Crippen molar-refractivity contribution in [3.63, 3.8) is 0 Å². The first kappa shape index (κ1) is 20.7. The molecule has 0 unspecified atom stereocenters. The number of nitrogens with zero attached hydrogens (tertiary/aromatic N) is 1. The largest absolute Gasteiger partial charge is 0.469 e. The summed E-state index contributed by atoms with van der Waals surface area (Å²) in [4.78, 5) is 26.6. The van der Waals surface area contributed by atoms with Crippen LogP contribution in [0.4, 0.5) is 5.69 Å². The van der Waals surface area contributed by atoms with E-state index in [2.05, 4.69) is 5.32 Å². The van der Waals surface area contributed by atoms with Crippen LogP contribution in [0.3, 0.4) is 0 Å². The minimum Gasteiger partial charge on any atom is -0.469 e. The molecule has 1 fully saturated rings. The number of sulfone groups is 1. The third kappa shape index (κ3) is 4.28. The maximum absolute atomic E-state index is 13.0. The van der Waals surface area contributed by atoms with Crippen LogP contribution in [0, 0.1) is 5.92 Å². The van der Waals surface area contributed by atoms with Crippen LogP contribution >= 0.6 is 0 Å². The molecule has 160 valence electrons. The van der Waals surface area contributed by atoms with E-state index in [1.54, 1.807) is 42.4 Å². The second kappa shape index (κ2) is 8.26. The van der Waals surface area contributed by atoms with E-state index in [-0.39, 0.29) is 29.0 Å². The third-order valence-electron chi connectivity index (χ3n) is 5.74. The van der Waals surface area contributed by atoms with Crippen LogP contribution in [-0.2, 0) is 32.3 Å². The summed E-state index contributed by atoms with van der Waals surface area (Å²) in [6.45, 7) is 2.54. The van der Waals surface area contributed by atoms with Gasteiger partial charge in [-0.2, -0.15) is 0 Å². The van der Waals surface area contributed by atoms with E-state index >= 15 is 0 Å². The van der Waals surface area contributed by atoms with Crippen molar-refractivity contribution in [3.8, 4) is 0 Å². The molecule has 1 aromatic heterocycles. The molecule has 30 heavy (non-hydrogen) atoms. The molecule has 1 saturated carbocycles. The Morgan fingerprint density at radius 1 is 1.27 bits per heavy atom. The van der Waals surface area contributed by atoms with Crippen molar-refractivity contribution in [2.45, 2.75) is 49.2 Å². The number of rotatable bonds is 8. The lowest BCUT2D eigenvalue weighted by Crippen LogP contribution is -2.31. The zero-order chi connectivity index (χ0) is 21.3. The van der Waals surface area contributed by atoms with E-state index in [0.29, 0.717) is 25.9 Å². The van der Waals surface area contributed by atoms with Crippen molar-refractivity contribution in [1.82, 2.24) is 5.32 Å². The first-order valence-corrected chi connectivity index (χ1v) is 11.9. The smallest absolute Gasteiger partial charge is 0.230 e. The molecule has 2 amide bonds. The average Bonchev–Trinajstić information content (AvgIpc) is 3.28. The molecule has 1 aromatic carbocycles. The fourth-order valence-electron chi connectivity index (χ4n) is 3.79. The fraction of sp³-hybridized carbons (Fsp3) is 0.455. The minimum atomic E-state index is -3.65. The van der Waals surface area contributed by atoms with Gasteiger partial charge in [-0.1, -0.05) is 0 Å². The number of benzene rings is 1. The molecule has 2 aromatic rings. The van der Waals surface area contributed by atoms with Gasteiger partial charge in [0.2, 0.25) is 11.8 Å². The van der Waals surface area contributed by atoms with Crippen molar-refractivity contribution >= 4 is 27.3 Å². The number of nitrogens with one attached hydrogen (secondary N) is 1. The highest BCUT2D eigenvalue weighted by molar-refractivity contribution is 7.92. The molecule has 1 aliphatic heterocycles. The van der Waals surface area contributed by atoms with E-state index in [1.165, 1.54) is 0 Å². The Morgan fingerprint density at radius 2 is 2.07 bits per heavy atom. The SMILES string of the molecule is C[C@@H](CC(=O)NCCc1ccco1)S(=O)(=O)c1ccc2c(c1)CCN2C(=O)C1CC1. The highest BCUT2D eigenvalue weighted by Gasteiger charge is 2.37. The highest BCUT2D eigenvalue weighted by atomic mass is 32.2. The molecular formula is C22H26N2O5S. The Morgan fingerprint density at radius 3 is 2.77 bits per heavy atom. The zero-order valence-corrected chi connectivity index (χ0v) is 17.8. The Balaban J connectivity index is 1.37. The van der Waals surface area contributed by atoms with Crippen LogP contribution in [0.5, 0.6) is 0 Å². The molecule has 1 atom stereocenters. The van der Waals surface area contributed by atoms with Gasteiger partial charge < -0.3 is 14.6 Å². The number of carbonyl (C=O) groups is 2. The summed E-state index contributed by atoms with van der Waals surface area (Å²) >= 11 is 0. The first-order chi connectivity index (χ1) is 14.4. The predicted molar refractivity (Wildman–Crippen MR) is 112 cm³/mol. The summed E-state index contributed by atoms with van der Waals surface area (Å²) in [5, 5.41) is 1.90. The lowest BCUT2D eigenvalue weighted by molar-refractivity contribution is -0.121. The molecular weight excluding hydrogens is 404 g/mol. The van der Waals surface area contributed by atoms with Crippen molar-refractivity contribution < 1.29 is 22.4 Å². The number of hydrogen-bond donors (Lipinski definition) is 1. The molecule has 2 aliphatic rings. The molecule has 4 rings (SSSR count). The molecule has 1 N–H and O–H groups in total. The topological polar surface area (TPSA) is 96.7 Å². The standard InChI is InChI=1S/C22H26N2O5S/c1-15(13-21(25)23-10-8-18-3-2-12-29-18)30(27,28)19-6-7-20-17(14-19)9-11-24(20)22(26)16-4-5-16/h2-3,6-7,12,14-16H,4-5,8-11,13H2,1H3,(H,23,25)/t15-/m0/s1. The van der Waals surface area contributed by atoms with Crippen LogP contribution in [0.25, 0.3) is 0 Å². The first-order valence-electron chi connectivity index (χ1n) is 10.3. The van der Waals surface area contributed by atoms with E-state index in [1.807, 2.05) is 6.07 Å². The van der Waals surface area contributed by atoms with Crippen LogP contribution in [0.15, 0.2) is 45.9 Å². The second-order valence-corrected chi connectivity index (χ2v) is 10.4. The maximum atomic E-state index is 13.0. The normalized spacial score (nSPS) is 16.9. The quantitative estimate of drug-likeness (QED) is 0.694. The number of furan rings is 1. The van der Waals surface area contributed by atoms with Gasteiger partial charge in [-0.3, -0.25) is 9.59 Å². The summed E-state index contributed by atoms with van der Waals surface area (Å²) in [5.41, 5.74) is 1.69. The predicted octanol–water partition coefficient (Wildman–Crippen LogP) is 2.49. The van der Waals surface area contributed by atoms with Crippen molar-refractivity contribution in [3.05, 3.63) is 47.9 Å². The summed E-state index contributed by atoms with van der Waals surface area (Å²) < 4.78 is 31.2. The van der Waals surface area contributed by atoms with Gasteiger partial charge in [-0.15, -0.1) is 0 Å². The van der Waals surface area contributed by atoms with Crippen LogP contribution in [0.2, 0.25) is 0 Å². The fourth-order valence-corrected chi connectivity index (χ4v) is 5.19. The summed E-state index contributed by atoms with van der Waals surface area (Å²) in [6.07, 6.45) is 4.56. The van der Waals surface area contributed by atoms with Gasteiger partial charge in [-0.05, 0) is 62.1 Å². The Hall–Kier alpha value is -2.61. The van der Waals surface area contributed by atoms with Gasteiger partial charge in [0, 0.05) is 37.5 Å². The van der Waals surface area contributed by atoms with E-state index in [4.69, 9.17) is 4.42 Å².